The minimum atomic E-state index is -0.696. The van der Waals surface area contributed by atoms with Gasteiger partial charge in [-0.3, -0.25) is 14.9 Å². The second-order valence-electron chi connectivity index (χ2n) is 6.03. The summed E-state index contributed by atoms with van der Waals surface area (Å²) in [5.41, 5.74) is 2.54. The first-order valence-corrected chi connectivity index (χ1v) is 8.24. The molecule has 2 aromatic rings. The van der Waals surface area contributed by atoms with Crippen molar-refractivity contribution in [1.82, 2.24) is 4.90 Å². The molecule has 0 bridgehead atoms. The Hall–Kier alpha value is -3.48. The molecule has 7 nitrogen and oxygen atoms in total. The maximum absolute atomic E-state index is 12.1. The van der Waals surface area contributed by atoms with E-state index in [-0.39, 0.29) is 18.2 Å². The van der Waals surface area contributed by atoms with Gasteiger partial charge in [-0.2, -0.15) is 0 Å². The number of likely N-dealkylation sites (N-methyl/N-ethyl adjacent to an activating group) is 1. The molecule has 0 N–H and O–H groups in total. The van der Waals surface area contributed by atoms with Gasteiger partial charge in [0.1, 0.15) is 0 Å². The van der Waals surface area contributed by atoms with Crippen molar-refractivity contribution in [2.45, 2.75) is 13.5 Å². The van der Waals surface area contributed by atoms with Gasteiger partial charge in [-0.25, -0.2) is 4.79 Å². The summed E-state index contributed by atoms with van der Waals surface area (Å²) >= 11 is 0. The second-order valence-corrected chi connectivity index (χ2v) is 6.03. The zero-order chi connectivity index (χ0) is 19.8. The zero-order valence-corrected chi connectivity index (χ0v) is 15.1. The number of benzene rings is 2. The normalized spacial score (nSPS) is 10.6. The first kappa shape index (κ1) is 19.8. The van der Waals surface area contributed by atoms with Crippen LogP contribution in [0.2, 0.25) is 0 Å². The molecule has 0 spiro atoms. The predicted octanol–water partition coefficient (Wildman–Crippen LogP) is 3.12. The Labute approximate surface area is 157 Å². The molecule has 0 aliphatic carbocycles. The van der Waals surface area contributed by atoms with Crippen molar-refractivity contribution in [3.05, 3.63) is 81.4 Å². The highest BCUT2D eigenvalue weighted by Gasteiger charge is 2.11. The van der Waals surface area contributed by atoms with Crippen LogP contribution in [0.1, 0.15) is 16.7 Å². The predicted molar refractivity (Wildman–Crippen MR) is 101 cm³/mol. The molecule has 0 atom stereocenters. The molecule has 2 rings (SSSR count). The van der Waals surface area contributed by atoms with Crippen molar-refractivity contribution in [2.75, 3.05) is 13.7 Å². The fourth-order valence-corrected chi connectivity index (χ4v) is 2.25. The molecule has 0 heterocycles. The van der Waals surface area contributed by atoms with Gasteiger partial charge in [0.2, 0.25) is 0 Å². The van der Waals surface area contributed by atoms with Crippen LogP contribution >= 0.6 is 0 Å². The summed E-state index contributed by atoms with van der Waals surface area (Å²) in [5, 5.41) is 10.7. The number of nitro benzene ring substituents is 1. The van der Waals surface area contributed by atoms with Crippen LogP contribution in [0.15, 0.2) is 54.6 Å². The number of hydrogen-bond acceptors (Lipinski definition) is 5. The van der Waals surface area contributed by atoms with E-state index in [9.17, 15) is 19.7 Å². The third-order valence-electron chi connectivity index (χ3n) is 3.80. The van der Waals surface area contributed by atoms with Crippen molar-refractivity contribution < 1.29 is 19.2 Å². The van der Waals surface area contributed by atoms with Gasteiger partial charge in [-0.1, -0.05) is 42.0 Å². The average Bonchev–Trinajstić information content (AvgIpc) is 2.66. The Kier molecular flexibility index (Phi) is 6.82. The molecule has 140 valence electrons. The smallest absolute Gasteiger partial charge is 0.331 e. The molecule has 0 unspecified atom stereocenters. The van der Waals surface area contributed by atoms with Gasteiger partial charge in [-0.05, 0) is 24.1 Å². The number of rotatable bonds is 7. The van der Waals surface area contributed by atoms with E-state index in [1.54, 1.807) is 13.1 Å². The van der Waals surface area contributed by atoms with E-state index in [4.69, 9.17) is 4.74 Å². The number of hydrogen-bond donors (Lipinski definition) is 0. The maximum Gasteiger partial charge on any atom is 0.331 e. The van der Waals surface area contributed by atoms with Crippen LogP contribution < -0.4 is 0 Å². The minimum Gasteiger partial charge on any atom is -0.452 e. The van der Waals surface area contributed by atoms with E-state index < -0.39 is 10.9 Å². The monoisotopic (exact) mass is 368 g/mol. The second kappa shape index (κ2) is 9.28. The van der Waals surface area contributed by atoms with E-state index in [0.717, 1.165) is 17.2 Å². The van der Waals surface area contributed by atoms with Gasteiger partial charge >= 0.3 is 5.97 Å². The first-order valence-electron chi connectivity index (χ1n) is 8.24. The van der Waals surface area contributed by atoms with Crippen molar-refractivity contribution in [3.63, 3.8) is 0 Å². The minimum absolute atomic E-state index is 0.0709. The van der Waals surface area contributed by atoms with Crippen LogP contribution in [0.3, 0.4) is 0 Å². The van der Waals surface area contributed by atoms with Crippen molar-refractivity contribution in [1.29, 1.82) is 0 Å². The number of nitro groups is 1. The molecule has 2 aromatic carbocycles. The topological polar surface area (TPSA) is 89.8 Å². The number of nitrogens with zero attached hydrogens (tertiary/aromatic N) is 2. The lowest BCUT2D eigenvalue weighted by molar-refractivity contribution is -0.384. The number of esters is 1. The quantitative estimate of drug-likeness (QED) is 0.324. The number of carbonyl (C=O) groups excluding carboxylic acids is 2. The summed E-state index contributed by atoms with van der Waals surface area (Å²) in [4.78, 5) is 35.5. The Morgan fingerprint density at radius 2 is 1.89 bits per heavy atom. The molecule has 0 aliphatic heterocycles. The summed E-state index contributed by atoms with van der Waals surface area (Å²) in [6.45, 7) is 2.03. The summed E-state index contributed by atoms with van der Waals surface area (Å²) in [5.74, 6) is -1.02. The summed E-state index contributed by atoms with van der Waals surface area (Å²) < 4.78 is 4.93. The summed E-state index contributed by atoms with van der Waals surface area (Å²) in [6, 6.07) is 13.6. The largest absolute Gasteiger partial charge is 0.452 e. The fourth-order valence-electron chi connectivity index (χ4n) is 2.25. The zero-order valence-electron chi connectivity index (χ0n) is 15.1. The third kappa shape index (κ3) is 6.39. The molecule has 1 amide bonds. The molecule has 0 fully saturated rings. The number of non-ortho nitro benzene ring substituents is 1. The van der Waals surface area contributed by atoms with E-state index in [1.807, 2.05) is 31.2 Å². The Balaban J connectivity index is 1.83. The van der Waals surface area contributed by atoms with Crippen molar-refractivity contribution >= 4 is 23.6 Å². The highest BCUT2D eigenvalue weighted by molar-refractivity contribution is 5.89. The standard InChI is InChI=1S/C20H20N2O5/c1-15-6-8-17(9-7-15)13-21(2)19(23)14-27-20(24)11-10-16-4-3-5-18(12-16)22(25)26/h3-12H,13-14H2,1-2H3/b11-10+. The molecule has 0 aliphatic rings. The lowest BCUT2D eigenvalue weighted by Crippen LogP contribution is -2.30. The Morgan fingerprint density at radius 1 is 1.19 bits per heavy atom. The van der Waals surface area contributed by atoms with Gasteiger partial charge < -0.3 is 9.64 Å². The molecule has 7 heteroatoms. The highest BCUT2D eigenvalue weighted by atomic mass is 16.6. The van der Waals surface area contributed by atoms with E-state index in [2.05, 4.69) is 0 Å². The van der Waals surface area contributed by atoms with Crippen molar-refractivity contribution in [2.24, 2.45) is 0 Å². The van der Waals surface area contributed by atoms with Crippen LogP contribution in [0.4, 0.5) is 5.69 Å². The van der Waals surface area contributed by atoms with Crippen molar-refractivity contribution in [3.8, 4) is 0 Å². The van der Waals surface area contributed by atoms with Gasteiger partial charge in [0.25, 0.3) is 11.6 Å². The Bertz CT molecular complexity index is 859. The maximum atomic E-state index is 12.1. The highest BCUT2D eigenvalue weighted by Crippen LogP contribution is 2.14. The molecule has 27 heavy (non-hydrogen) atoms. The molecule has 0 radical (unpaired) electrons. The lowest BCUT2D eigenvalue weighted by atomic mass is 10.1. The van der Waals surface area contributed by atoms with Crippen LogP contribution in [-0.4, -0.2) is 35.4 Å². The average molecular weight is 368 g/mol. The fraction of sp³-hybridized carbons (Fsp3) is 0.200. The van der Waals surface area contributed by atoms with Crippen LogP contribution in [0.25, 0.3) is 6.08 Å². The number of ether oxygens (including phenoxy) is 1. The van der Waals surface area contributed by atoms with E-state index >= 15 is 0 Å². The molecular formula is C20H20N2O5. The number of amides is 1. The van der Waals surface area contributed by atoms with Crippen LogP contribution in [0.5, 0.6) is 0 Å². The lowest BCUT2D eigenvalue weighted by Gasteiger charge is -2.17. The molecule has 0 aromatic heterocycles. The van der Waals surface area contributed by atoms with E-state index in [0.29, 0.717) is 12.1 Å². The Morgan fingerprint density at radius 3 is 2.56 bits per heavy atom. The van der Waals surface area contributed by atoms with E-state index in [1.165, 1.54) is 29.2 Å². The summed E-state index contributed by atoms with van der Waals surface area (Å²) in [6.07, 6.45) is 2.53. The third-order valence-corrected chi connectivity index (χ3v) is 3.80. The first-order chi connectivity index (χ1) is 12.8. The van der Waals surface area contributed by atoms with Gasteiger partial charge in [0, 0.05) is 31.8 Å². The molecule has 0 saturated heterocycles. The van der Waals surface area contributed by atoms with Crippen LogP contribution in [-0.2, 0) is 20.9 Å². The number of aryl methyl sites for hydroxylation is 1. The molecular weight excluding hydrogens is 348 g/mol. The van der Waals surface area contributed by atoms with Gasteiger partial charge in [0.05, 0.1) is 4.92 Å². The van der Waals surface area contributed by atoms with Crippen LogP contribution in [0, 0.1) is 17.0 Å². The van der Waals surface area contributed by atoms with Gasteiger partial charge in [0.15, 0.2) is 6.61 Å². The molecule has 0 saturated carbocycles. The SMILES string of the molecule is Cc1ccc(CN(C)C(=O)COC(=O)/C=C/c2cccc([N+](=O)[O-])c2)cc1. The number of carbonyl (C=O) groups is 2. The summed E-state index contributed by atoms with van der Waals surface area (Å²) in [7, 11) is 1.63. The van der Waals surface area contributed by atoms with Gasteiger partial charge in [-0.15, -0.1) is 0 Å².